The number of rotatable bonds is 3. The summed E-state index contributed by atoms with van der Waals surface area (Å²) in [6, 6.07) is 1.47. The third-order valence-electron chi connectivity index (χ3n) is 3.23. The Balaban J connectivity index is 2.03. The SMILES string of the molecule is CC1(NCc2cc(F)c(F)cc2F)CCCOC1. The van der Waals surface area contributed by atoms with Gasteiger partial charge in [-0.1, -0.05) is 0 Å². The van der Waals surface area contributed by atoms with Crippen LogP contribution in [0.1, 0.15) is 25.3 Å². The van der Waals surface area contributed by atoms with E-state index in [2.05, 4.69) is 5.32 Å². The van der Waals surface area contributed by atoms with Gasteiger partial charge in [0, 0.05) is 30.3 Å². The van der Waals surface area contributed by atoms with Gasteiger partial charge in [0.1, 0.15) is 5.82 Å². The van der Waals surface area contributed by atoms with E-state index in [0.29, 0.717) is 12.7 Å². The van der Waals surface area contributed by atoms with Gasteiger partial charge in [-0.15, -0.1) is 0 Å². The molecule has 5 heteroatoms. The third kappa shape index (κ3) is 3.03. The number of halogens is 3. The predicted molar refractivity (Wildman–Crippen MR) is 61.6 cm³/mol. The highest BCUT2D eigenvalue weighted by atomic mass is 19.2. The molecule has 1 N–H and O–H groups in total. The summed E-state index contributed by atoms with van der Waals surface area (Å²) in [6.45, 7) is 3.40. The lowest BCUT2D eigenvalue weighted by molar-refractivity contribution is 0.0276. The maximum atomic E-state index is 13.4. The topological polar surface area (TPSA) is 21.3 Å². The summed E-state index contributed by atoms with van der Waals surface area (Å²) in [7, 11) is 0. The summed E-state index contributed by atoms with van der Waals surface area (Å²) in [5.74, 6) is -2.93. The molecule has 0 aliphatic carbocycles. The van der Waals surface area contributed by atoms with Crippen LogP contribution in [-0.4, -0.2) is 18.8 Å². The van der Waals surface area contributed by atoms with E-state index >= 15 is 0 Å². The van der Waals surface area contributed by atoms with Gasteiger partial charge in [0.25, 0.3) is 0 Å². The normalized spacial score (nSPS) is 24.2. The smallest absolute Gasteiger partial charge is 0.161 e. The van der Waals surface area contributed by atoms with Crippen molar-refractivity contribution in [1.29, 1.82) is 0 Å². The monoisotopic (exact) mass is 259 g/mol. The second kappa shape index (κ2) is 5.28. The molecule has 2 rings (SSSR count). The molecule has 1 saturated heterocycles. The van der Waals surface area contributed by atoms with Crippen molar-refractivity contribution in [2.24, 2.45) is 0 Å². The largest absolute Gasteiger partial charge is 0.380 e. The lowest BCUT2D eigenvalue weighted by atomic mass is 9.94. The Morgan fingerprint density at radius 3 is 2.61 bits per heavy atom. The first kappa shape index (κ1) is 13.4. The maximum absolute atomic E-state index is 13.4. The van der Waals surface area contributed by atoms with Gasteiger partial charge in [0.05, 0.1) is 6.61 Å². The van der Waals surface area contributed by atoms with Crippen LogP contribution in [0.5, 0.6) is 0 Å². The third-order valence-corrected chi connectivity index (χ3v) is 3.23. The van der Waals surface area contributed by atoms with E-state index in [0.717, 1.165) is 25.5 Å². The first-order chi connectivity index (χ1) is 8.50. The molecule has 1 aliphatic heterocycles. The van der Waals surface area contributed by atoms with Crippen LogP contribution in [0.4, 0.5) is 13.2 Å². The number of hydrogen-bond acceptors (Lipinski definition) is 2. The lowest BCUT2D eigenvalue weighted by Gasteiger charge is -2.34. The summed E-state index contributed by atoms with van der Waals surface area (Å²) >= 11 is 0. The van der Waals surface area contributed by atoms with Gasteiger partial charge in [-0.25, -0.2) is 13.2 Å². The second-order valence-electron chi connectivity index (χ2n) is 4.93. The van der Waals surface area contributed by atoms with E-state index in [1.807, 2.05) is 6.92 Å². The summed E-state index contributed by atoms with van der Waals surface area (Å²) in [6.07, 6.45) is 1.85. The van der Waals surface area contributed by atoms with Crippen molar-refractivity contribution in [3.63, 3.8) is 0 Å². The van der Waals surface area contributed by atoms with Crippen LogP contribution in [0.3, 0.4) is 0 Å². The fourth-order valence-electron chi connectivity index (χ4n) is 2.08. The van der Waals surface area contributed by atoms with E-state index in [1.165, 1.54) is 0 Å². The minimum atomic E-state index is -1.16. The quantitative estimate of drug-likeness (QED) is 0.843. The molecule has 1 fully saturated rings. The Morgan fingerprint density at radius 1 is 1.22 bits per heavy atom. The number of nitrogens with one attached hydrogen (secondary N) is 1. The zero-order valence-corrected chi connectivity index (χ0v) is 10.2. The average Bonchev–Trinajstić information content (AvgIpc) is 2.33. The Bertz CT molecular complexity index is 430. The molecule has 18 heavy (non-hydrogen) atoms. The van der Waals surface area contributed by atoms with E-state index in [1.54, 1.807) is 0 Å². The molecule has 1 aliphatic rings. The van der Waals surface area contributed by atoms with Crippen molar-refractivity contribution in [2.75, 3.05) is 13.2 Å². The second-order valence-corrected chi connectivity index (χ2v) is 4.93. The van der Waals surface area contributed by atoms with Crippen LogP contribution in [-0.2, 0) is 11.3 Å². The maximum Gasteiger partial charge on any atom is 0.161 e. The van der Waals surface area contributed by atoms with E-state index < -0.39 is 17.5 Å². The van der Waals surface area contributed by atoms with Crippen LogP contribution >= 0.6 is 0 Å². The summed E-state index contributed by atoms with van der Waals surface area (Å²) in [5.41, 5.74) is -0.115. The van der Waals surface area contributed by atoms with E-state index in [-0.39, 0.29) is 17.6 Å². The minimum Gasteiger partial charge on any atom is -0.380 e. The van der Waals surface area contributed by atoms with Crippen molar-refractivity contribution >= 4 is 0 Å². The summed E-state index contributed by atoms with van der Waals surface area (Å²) in [4.78, 5) is 0. The van der Waals surface area contributed by atoms with Gasteiger partial charge in [0.2, 0.25) is 0 Å². The molecule has 1 heterocycles. The molecule has 0 spiro atoms. The van der Waals surface area contributed by atoms with Gasteiger partial charge in [0.15, 0.2) is 11.6 Å². The lowest BCUT2D eigenvalue weighted by Crippen LogP contribution is -2.48. The van der Waals surface area contributed by atoms with Gasteiger partial charge in [-0.05, 0) is 25.8 Å². The van der Waals surface area contributed by atoms with Gasteiger partial charge >= 0.3 is 0 Å². The molecule has 0 radical (unpaired) electrons. The molecule has 100 valence electrons. The fourth-order valence-corrected chi connectivity index (χ4v) is 2.08. The zero-order valence-electron chi connectivity index (χ0n) is 10.2. The highest BCUT2D eigenvalue weighted by molar-refractivity contribution is 5.20. The fraction of sp³-hybridized carbons (Fsp3) is 0.538. The van der Waals surface area contributed by atoms with Gasteiger partial charge < -0.3 is 10.1 Å². The summed E-state index contributed by atoms with van der Waals surface area (Å²) in [5, 5.41) is 3.15. The Morgan fingerprint density at radius 2 is 1.94 bits per heavy atom. The van der Waals surface area contributed by atoms with Crippen molar-refractivity contribution in [2.45, 2.75) is 31.8 Å². The van der Waals surface area contributed by atoms with Crippen LogP contribution in [0.15, 0.2) is 12.1 Å². The highest BCUT2D eigenvalue weighted by Gasteiger charge is 2.27. The molecule has 1 unspecified atom stereocenters. The first-order valence-electron chi connectivity index (χ1n) is 5.96. The van der Waals surface area contributed by atoms with Crippen molar-refractivity contribution in [3.05, 3.63) is 35.1 Å². The number of ether oxygens (including phenoxy) is 1. The van der Waals surface area contributed by atoms with Crippen LogP contribution in [0.2, 0.25) is 0 Å². The van der Waals surface area contributed by atoms with Crippen LogP contribution in [0.25, 0.3) is 0 Å². The molecule has 0 bridgehead atoms. The molecule has 2 nitrogen and oxygen atoms in total. The van der Waals surface area contributed by atoms with Crippen molar-refractivity contribution < 1.29 is 17.9 Å². The van der Waals surface area contributed by atoms with Gasteiger partial charge in [-0.3, -0.25) is 0 Å². The average molecular weight is 259 g/mol. The first-order valence-corrected chi connectivity index (χ1v) is 5.96. The summed E-state index contributed by atoms with van der Waals surface area (Å²) < 4.78 is 44.6. The van der Waals surface area contributed by atoms with E-state index in [4.69, 9.17) is 4.74 Å². The predicted octanol–water partition coefficient (Wildman–Crippen LogP) is 2.76. The van der Waals surface area contributed by atoms with E-state index in [9.17, 15) is 13.2 Å². The molecular formula is C13H16F3NO. The molecule has 0 amide bonds. The van der Waals surface area contributed by atoms with Gasteiger partial charge in [-0.2, -0.15) is 0 Å². The Kier molecular flexibility index (Phi) is 3.92. The number of hydrogen-bond donors (Lipinski definition) is 1. The molecular weight excluding hydrogens is 243 g/mol. The molecule has 0 saturated carbocycles. The molecule has 0 aromatic heterocycles. The molecule has 1 aromatic rings. The van der Waals surface area contributed by atoms with Crippen LogP contribution < -0.4 is 5.32 Å². The minimum absolute atomic E-state index is 0.126. The number of benzene rings is 1. The Labute approximate surface area is 104 Å². The zero-order chi connectivity index (χ0) is 13.2. The van der Waals surface area contributed by atoms with Crippen LogP contribution in [0, 0.1) is 17.5 Å². The molecule has 1 atom stereocenters. The standard InChI is InChI=1S/C13H16F3NO/c1-13(3-2-4-18-8-13)17-7-9-5-11(15)12(16)6-10(9)14/h5-6,17H,2-4,7-8H2,1H3. The van der Waals surface area contributed by atoms with Crippen molar-refractivity contribution in [1.82, 2.24) is 5.32 Å². The van der Waals surface area contributed by atoms with Crippen molar-refractivity contribution in [3.8, 4) is 0 Å². The highest BCUT2D eigenvalue weighted by Crippen LogP contribution is 2.20. The molecule has 1 aromatic carbocycles. The Hall–Kier alpha value is -1.07.